The van der Waals surface area contributed by atoms with E-state index in [0.29, 0.717) is 22.7 Å². The Balaban J connectivity index is 1.67. The van der Waals surface area contributed by atoms with E-state index in [9.17, 15) is 37.5 Å². The van der Waals surface area contributed by atoms with Crippen LogP contribution in [0.25, 0.3) is 10.8 Å². The maximum Gasteiger partial charge on any atom is 0.416 e. The first-order valence-electron chi connectivity index (χ1n) is 11.5. The molecule has 0 spiro atoms. The standard InChI is InChI=1S/C27H22F3NO5S2/c1-15(32)38-22(24(34)20-11-5-7-16-6-2-3-10-19(16)20)13-23(33)31-21(26(35)36)14-37-25(31)17-8-4-9-18(12-17)27(28,29)30/h2-12,21-22,25H,13-14H2,1H3,(H,35,36)/t21-,22?,25?/m0/s1. The molecule has 6 nitrogen and oxygen atoms in total. The summed E-state index contributed by atoms with van der Waals surface area (Å²) < 4.78 is 39.9. The van der Waals surface area contributed by atoms with Crippen LogP contribution in [0.2, 0.25) is 0 Å². The van der Waals surface area contributed by atoms with Gasteiger partial charge < -0.3 is 10.0 Å². The molecule has 0 bridgehead atoms. The Kier molecular flexibility index (Phi) is 8.17. The predicted molar refractivity (Wildman–Crippen MR) is 140 cm³/mol. The molecule has 3 aromatic rings. The summed E-state index contributed by atoms with van der Waals surface area (Å²) in [6.45, 7) is 1.26. The highest BCUT2D eigenvalue weighted by molar-refractivity contribution is 8.14. The summed E-state index contributed by atoms with van der Waals surface area (Å²) in [5, 5.41) is 8.64. The number of carboxylic acids is 1. The molecular formula is C27H22F3NO5S2. The SMILES string of the molecule is CC(=O)SC(CC(=O)N1C(c2cccc(C(F)(F)F)c2)SC[C@H]1C(=O)O)C(=O)c1cccc2ccccc12. The van der Waals surface area contributed by atoms with E-state index in [1.807, 2.05) is 18.2 Å². The minimum absolute atomic E-state index is 0.0379. The molecule has 1 saturated heterocycles. The fourth-order valence-corrected chi connectivity index (χ4v) is 6.69. The van der Waals surface area contributed by atoms with Crippen molar-refractivity contribution < 1.29 is 37.5 Å². The summed E-state index contributed by atoms with van der Waals surface area (Å²) in [6.07, 6.45) is -5.11. The van der Waals surface area contributed by atoms with Gasteiger partial charge in [0, 0.05) is 24.7 Å². The highest BCUT2D eigenvalue weighted by Gasteiger charge is 2.44. The van der Waals surface area contributed by atoms with Crippen LogP contribution in [-0.4, -0.2) is 49.8 Å². The Hall–Kier alpha value is -3.31. The third-order valence-corrected chi connectivity index (χ3v) is 8.41. The van der Waals surface area contributed by atoms with Gasteiger partial charge in [-0.1, -0.05) is 66.4 Å². The van der Waals surface area contributed by atoms with E-state index in [4.69, 9.17) is 0 Å². The molecule has 1 fully saturated rings. The van der Waals surface area contributed by atoms with Crippen LogP contribution in [0, 0.1) is 0 Å². The van der Waals surface area contributed by atoms with E-state index in [1.165, 1.54) is 19.1 Å². The van der Waals surface area contributed by atoms with E-state index >= 15 is 0 Å². The lowest BCUT2D eigenvalue weighted by Gasteiger charge is -2.29. The van der Waals surface area contributed by atoms with Crippen molar-refractivity contribution in [2.45, 2.75) is 36.2 Å². The summed E-state index contributed by atoms with van der Waals surface area (Å²) in [5.41, 5.74) is -0.481. The molecular weight excluding hydrogens is 539 g/mol. The minimum Gasteiger partial charge on any atom is -0.480 e. The number of nitrogens with zero attached hydrogens (tertiary/aromatic N) is 1. The fraction of sp³-hybridized carbons (Fsp3) is 0.259. The molecule has 0 radical (unpaired) electrons. The topological polar surface area (TPSA) is 91.8 Å². The number of thioether (sulfide) groups is 2. The van der Waals surface area contributed by atoms with Crippen LogP contribution in [-0.2, 0) is 20.6 Å². The summed E-state index contributed by atoms with van der Waals surface area (Å²) in [7, 11) is 0. The van der Waals surface area contributed by atoms with E-state index in [0.717, 1.165) is 34.2 Å². The smallest absolute Gasteiger partial charge is 0.416 e. The number of carbonyl (C=O) groups excluding carboxylic acids is 3. The molecule has 3 atom stereocenters. The van der Waals surface area contributed by atoms with Gasteiger partial charge in [0.1, 0.15) is 11.4 Å². The van der Waals surface area contributed by atoms with Gasteiger partial charge in [-0.25, -0.2) is 4.79 Å². The van der Waals surface area contributed by atoms with Crippen molar-refractivity contribution in [1.29, 1.82) is 0 Å². The van der Waals surface area contributed by atoms with Gasteiger partial charge in [-0.15, -0.1) is 11.8 Å². The number of halogens is 3. The van der Waals surface area contributed by atoms with Crippen LogP contribution in [0.3, 0.4) is 0 Å². The second-order valence-corrected chi connectivity index (χ2v) is 11.1. The van der Waals surface area contributed by atoms with Gasteiger partial charge >= 0.3 is 12.1 Å². The van der Waals surface area contributed by atoms with E-state index in [2.05, 4.69) is 0 Å². The molecule has 38 heavy (non-hydrogen) atoms. The lowest BCUT2D eigenvalue weighted by molar-refractivity contribution is -0.149. The molecule has 198 valence electrons. The molecule has 1 aliphatic heterocycles. The Morgan fingerprint density at radius 1 is 1.05 bits per heavy atom. The molecule has 4 rings (SSSR count). The van der Waals surface area contributed by atoms with Crippen molar-refractivity contribution in [3.8, 4) is 0 Å². The molecule has 3 aromatic carbocycles. The van der Waals surface area contributed by atoms with Gasteiger partial charge in [0.15, 0.2) is 10.9 Å². The van der Waals surface area contributed by atoms with Crippen LogP contribution in [0.15, 0.2) is 66.7 Å². The number of aliphatic carboxylic acids is 1. The zero-order chi connectivity index (χ0) is 27.6. The minimum atomic E-state index is -4.62. The number of ketones is 1. The van der Waals surface area contributed by atoms with Crippen molar-refractivity contribution in [3.63, 3.8) is 0 Å². The Morgan fingerprint density at radius 3 is 2.42 bits per heavy atom. The summed E-state index contributed by atoms with van der Waals surface area (Å²) >= 11 is 1.71. The van der Waals surface area contributed by atoms with Gasteiger partial charge in [-0.05, 0) is 28.5 Å². The van der Waals surface area contributed by atoms with Crippen LogP contribution < -0.4 is 0 Å². The molecule has 1 N–H and O–H groups in total. The van der Waals surface area contributed by atoms with Gasteiger partial charge in [0.05, 0.1) is 10.8 Å². The molecule has 0 saturated carbocycles. The average molecular weight is 562 g/mol. The fourth-order valence-electron chi connectivity index (χ4n) is 4.39. The van der Waals surface area contributed by atoms with Crippen molar-refractivity contribution in [3.05, 3.63) is 83.4 Å². The number of Topliss-reactive ketones (excluding diaryl/α,β-unsaturated/α-hetero) is 1. The largest absolute Gasteiger partial charge is 0.480 e. The van der Waals surface area contributed by atoms with Crippen molar-refractivity contribution in [2.75, 3.05) is 5.75 Å². The number of benzene rings is 3. The number of rotatable bonds is 7. The maximum absolute atomic E-state index is 13.6. The first-order chi connectivity index (χ1) is 18.0. The van der Waals surface area contributed by atoms with Gasteiger partial charge in [-0.3, -0.25) is 14.4 Å². The van der Waals surface area contributed by atoms with Crippen LogP contribution >= 0.6 is 23.5 Å². The molecule has 2 unspecified atom stereocenters. The number of amides is 1. The first-order valence-corrected chi connectivity index (χ1v) is 13.4. The van der Waals surface area contributed by atoms with Crippen LogP contribution in [0.4, 0.5) is 13.2 Å². The average Bonchev–Trinajstić information content (AvgIpc) is 3.33. The quantitative estimate of drug-likeness (QED) is 0.364. The first kappa shape index (κ1) is 27.7. The van der Waals surface area contributed by atoms with Crippen molar-refractivity contribution in [2.24, 2.45) is 0 Å². The zero-order valence-electron chi connectivity index (χ0n) is 20.0. The predicted octanol–water partition coefficient (Wildman–Crippen LogP) is 5.81. The molecule has 11 heteroatoms. The van der Waals surface area contributed by atoms with Crippen molar-refractivity contribution >= 4 is 57.1 Å². The Morgan fingerprint density at radius 2 is 1.74 bits per heavy atom. The number of hydrogen-bond donors (Lipinski definition) is 1. The monoisotopic (exact) mass is 561 g/mol. The van der Waals surface area contributed by atoms with E-state index < -0.39 is 57.6 Å². The Bertz CT molecular complexity index is 1410. The van der Waals surface area contributed by atoms with Gasteiger partial charge in [0.2, 0.25) is 5.91 Å². The molecule has 0 aromatic heterocycles. The lowest BCUT2D eigenvalue weighted by Crippen LogP contribution is -2.44. The van der Waals surface area contributed by atoms with E-state index in [1.54, 1.807) is 24.3 Å². The summed E-state index contributed by atoms with van der Waals surface area (Å²) in [6, 6.07) is 15.3. The highest BCUT2D eigenvalue weighted by atomic mass is 32.2. The number of carbonyl (C=O) groups is 4. The molecule has 0 aliphatic carbocycles. The lowest BCUT2D eigenvalue weighted by atomic mass is 9.98. The maximum atomic E-state index is 13.6. The van der Waals surface area contributed by atoms with Gasteiger partial charge in [-0.2, -0.15) is 13.2 Å². The number of fused-ring (bicyclic) bond motifs is 1. The summed E-state index contributed by atoms with van der Waals surface area (Å²) in [5.74, 6) is -2.55. The number of hydrogen-bond acceptors (Lipinski definition) is 6. The zero-order valence-corrected chi connectivity index (χ0v) is 21.6. The normalized spacial score (nSPS) is 18.4. The summed E-state index contributed by atoms with van der Waals surface area (Å²) in [4.78, 5) is 52.2. The third-order valence-electron chi connectivity index (χ3n) is 6.09. The Labute approximate surface area is 224 Å². The molecule has 1 amide bonds. The third kappa shape index (κ3) is 5.88. The molecule has 1 aliphatic rings. The van der Waals surface area contributed by atoms with E-state index in [-0.39, 0.29) is 11.3 Å². The van der Waals surface area contributed by atoms with Gasteiger partial charge in [0.25, 0.3) is 0 Å². The number of alkyl halides is 3. The van der Waals surface area contributed by atoms with Crippen LogP contribution in [0.5, 0.6) is 0 Å². The highest BCUT2D eigenvalue weighted by Crippen LogP contribution is 2.44. The second kappa shape index (κ2) is 11.2. The van der Waals surface area contributed by atoms with Crippen LogP contribution in [0.1, 0.15) is 40.2 Å². The molecule has 1 heterocycles. The van der Waals surface area contributed by atoms with Crippen molar-refractivity contribution in [1.82, 2.24) is 4.90 Å². The second-order valence-electron chi connectivity index (χ2n) is 8.66. The number of carboxylic acid groups (broad SMARTS) is 1.